The van der Waals surface area contributed by atoms with Crippen LogP contribution in [0.2, 0.25) is 0 Å². The van der Waals surface area contributed by atoms with Gasteiger partial charge in [0.25, 0.3) is 5.91 Å². The van der Waals surface area contributed by atoms with Gasteiger partial charge in [0.2, 0.25) is 0 Å². The predicted octanol–water partition coefficient (Wildman–Crippen LogP) is 2.27. The van der Waals surface area contributed by atoms with Crippen LogP contribution < -0.4 is 10.1 Å². The Balaban J connectivity index is 1.50. The van der Waals surface area contributed by atoms with E-state index >= 15 is 0 Å². The van der Waals surface area contributed by atoms with Crippen LogP contribution in [0.1, 0.15) is 41.0 Å². The smallest absolute Gasteiger partial charge is 0.270 e. The molecule has 1 amide bonds. The van der Waals surface area contributed by atoms with Crippen LogP contribution in [0.15, 0.2) is 30.3 Å². The molecule has 1 aromatic carbocycles. The molecule has 138 valence electrons. The summed E-state index contributed by atoms with van der Waals surface area (Å²) in [5, 5.41) is 7.68. The van der Waals surface area contributed by atoms with Gasteiger partial charge in [-0.05, 0) is 37.8 Å². The second-order valence-corrected chi connectivity index (χ2v) is 7.02. The van der Waals surface area contributed by atoms with Crippen LogP contribution in [-0.4, -0.2) is 41.0 Å². The van der Waals surface area contributed by atoms with Gasteiger partial charge in [-0.15, -0.1) is 0 Å². The molecule has 1 fully saturated rings. The normalized spacial score (nSPS) is 22.5. The highest BCUT2D eigenvalue weighted by Crippen LogP contribution is 2.24. The van der Waals surface area contributed by atoms with Crippen molar-refractivity contribution in [3.8, 4) is 5.75 Å². The molecule has 0 spiro atoms. The first-order valence-electron chi connectivity index (χ1n) is 9.37. The number of nitrogens with one attached hydrogen (secondary N) is 1. The predicted molar refractivity (Wildman–Crippen MR) is 97.4 cm³/mol. The van der Waals surface area contributed by atoms with Crippen LogP contribution in [0, 0.1) is 0 Å². The van der Waals surface area contributed by atoms with Crippen LogP contribution in [0.4, 0.5) is 0 Å². The number of nitrogens with zero attached hydrogens (tertiary/aromatic N) is 2. The Labute approximate surface area is 153 Å². The highest BCUT2D eigenvalue weighted by Gasteiger charge is 2.31. The molecule has 1 N–H and O–H groups in total. The van der Waals surface area contributed by atoms with Crippen LogP contribution in [0.3, 0.4) is 0 Å². The molecular weight excluding hydrogens is 330 g/mol. The number of hydrogen-bond donors (Lipinski definition) is 1. The zero-order chi connectivity index (χ0) is 17.9. The van der Waals surface area contributed by atoms with E-state index in [-0.39, 0.29) is 18.1 Å². The summed E-state index contributed by atoms with van der Waals surface area (Å²) in [6, 6.07) is 9.55. The Bertz CT molecular complexity index is 772. The van der Waals surface area contributed by atoms with Crippen molar-refractivity contribution < 1.29 is 14.3 Å². The minimum absolute atomic E-state index is 0.0830. The quantitative estimate of drug-likeness (QED) is 0.914. The molecule has 0 saturated carbocycles. The maximum atomic E-state index is 13.0. The number of fused-ring (bicyclic) bond motifs is 1. The third-order valence-electron chi connectivity index (χ3n) is 5.17. The average molecular weight is 355 g/mol. The Hall–Kier alpha value is -2.34. The molecule has 6 heteroatoms. The number of ether oxygens (including phenoxy) is 2. The summed E-state index contributed by atoms with van der Waals surface area (Å²) in [6.45, 7) is 1.11. The number of amides is 1. The van der Waals surface area contributed by atoms with Gasteiger partial charge in [0.1, 0.15) is 17.5 Å². The number of carbonyl (C=O) groups excluding carboxylic acids is 1. The molecule has 1 aromatic heterocycles. The van der Waals surface area contributed by atoms with E-state index in [1.54, 1.807) is 4.68 Å². The second-order valence-electron chi connectivity index (χ2n) is 7.02. The largest absolute Gasteiger partial charge is 0.488 e. The van der Waals surface area contributed by atoms with E-state index in [0.717, 1.165) is 49.1 Å². The second kappa shape index (κ2) is 7.50. The summed E-state index contributed by atoms with van der Waals surface area (Å²) in [5.41, 5.74) is 2.86. The van der Waals surface area contributed by atoms with E-state index < -0.39 is 0 Å². The summed E-state index contributed by atoms with van der Waals surface area (Å²) in [4.78, 5) is 13.0. The van der Waals surface area contributed by atoms with Gasteiger partial charge in [-0.2, -0.15) is 5.10 Å². The molecule has 1 aliphatic heterocycles. The Kier molecular flexibility index (Phi) is 4.93. The van der Waals surface area contributed by atoms with E-state index in [4.69, 9.17) is 9.47 Å². The third-order valence-corrected chi connectivity index (χ3v) is 5.17. The third kappa shape index (κ3) is 3.46. The molecule has 0 bridgehead atoms. The minimum atomic E-state index is -0.175. The summed E-state index contributed by atoms with van der Waals surface area (Å²) >= 11 is 0. The fourth-order valence-electron chi connectivity index (χ4n) is 3.87. The van der Waals surface area contributed by atoms with Crippen LogP contribution >= 0.6 is 0 Å². The first-order valence-corrected chi connectivity index (χ1v) is 9.37. The van der Waals surface area contributed by atoms with Crippen molar-refractivity contribution in [2.24, 2.45) is 7.05 Å². The van der Waals surface area contributed by atoms with Crippen LogP contribution in [-0.2, 0) is 24.6 Å². The van der Waals surface area contributed by atoms with Crippen molar-refractivity contribution in [1.82, 2.24) is 15.1 Å². The molecule has 2 aromatic rings. The van der Waals surface area contributed by atoms with Crippen molar-refractivity contribution >= 4 is 5.91 Å². The monoisotopic (exact) mass is 355 g/mol. The van der Waals surface area contributed by atoms with E-state index in [2.05, 4.69) is 10.4 Å². The van der Waals surface area contributed by atoms with Gasteiger partial charge in [0, 0.05) is 19.0 Å². The lowest BCUT2D eigenvalue weighted by Gasteiger charge is -2.32. The number of carbonyl (C=O) groups is 1. The SMILES string of the molecule is Cn1nc2c(c1C(=O)N[C@@H]1COCC[C@@H]1Oc1ccccc1)CCCC2. The zero-order valence-corrected chi connectivity index (χ0v) is 15.1. The van der Waals surface area contributed by atoms with Crippen molar-refractivity contribution in [3.05, 3.63) is 47.3 Å². The van der Waals surface area contributed by atoms with Gasteiger partial charge >= 0.3 is 0 Å². The molecule has 0 radical (unpaired) electrons. The lowest BCUT2D eigenvalue weighted by molar-refractivity contribution is -0.00301. The number of aromatic nitrogens is 2. The summed E-state index contributed by atoms with van der Waals surface area (Å²) < 4.78 is 13.4. The molecule has 6 nitrogen and oxygen atoms in total. The Morgan fingerprint density at radius 2 is 2.08 bits per heavy atom. The zero-order valence-electron chi connectivity index (χ0n) is 15.1. The lowest BCUT2D eigenvalue weighted by Crippen LogP contribution is -2.52. The number of hydrogen-bond acceptors (Lipinski definition) is 4. The minimum Gasteiger partial charge on any atom is -0.488 e. The molecule has 2 heterocycles. The van der Waals surface area contributed by atoms with Gasteiger partial charge in [0.15, 0.2) is 0 Å². The molecular formula is C20H25N3O3. The average Bonchev–Trinajstić information content (AvgIpc) is 3.00. The van der Waals surface area contributed by atoms with Crippen LogP contribution in [0.25, 0.3) is 0 Å². The van der Waals surface area contributed by atoms with Gasteiger partial charge in [-0.3, -0.25) is 9.48 Å². The molecule has 1 saturated heterocycles. The number of aryl methyl sites for hydroxylation is 2. The van der Waals surface area contributed by atoms with E-state index in [1.165, 1.54) is 0 Å². The van der Waals surface area contributed by atoms with E-state index in [1.807, 2.05) is 37.4 Å². The molecule has 2 atom stereocenters. The lowest BCUT2D eigenvalue weighted by atomic mass is 9.95. The number of rotatable bonds is 4. The maximum Gasteiger partial charge on any atom is 0.270 e. The summed E-state index contributed by atoms with van der Waals surface area (Å²) in [6.07, 6.45) is 4.81. The van der Waals surface area contributed by atoms with E-state index in [9.17, 15) is 4.79 Å². The van der Waals surface area contributed by atoms with Crippen molar-refractivity contribution in [3.63, 3.8) is 0 Å². The Morgan fingerprint density at radius 3 is 2.92 bits per heavy atom. The molecule has 1 aliphatic carbocycles. The van der Waals surface area contributed by atoms with Gasteiger partial charge in [0.05, 0.1) is 24.9 Å². The molecule has 2 aliphatic rings. The standard InChI is InChI=1S/C20H25N3O3/c1-23-19(15-9-5-6-10-16(15)22-23)20(24)21-17-13-25-12-11-18(17)26-14-7-3-2-4-8-14/h2-4,7-8,17-18H,5-6,9-13H2,1H3,(H,21,24)/t17-,18+/m1/s1. The van der Waals surface area contributed by atoms with Gasteiger partial charge < -0.3 is 14.8 Å². The topological polar surface area (TPSA) is 65.4 Å². The first kappa shape index (κ1) is 17.1. The molecule has 0 unspecified atom stereocenters. The fraction of sp³-hybridized carbons (Fsp3) is 0.500. The highest BCUT2D eigenvalue weighted by molar-refractivity contribution is 5.94. The van der Waals surface area contributed by atoms with Crippen molar-refractivity contribution in [2.75, 3.05) is 13.2 Å². The number of benzene rings is 1. The van der Waals surface area contributed by atoms with Gasteiger partial charge in [-0.25, -0.2) is 0 Å². The molecule has 26 heavy (non-hydrogen) atoms. The summed E-state index contributed by atoms with van der Waals surface area (Å²) in [5.74, 6) is 0.733. The maximum absolute atomic E-state index is 13.0. The summed E-state index contributed by atoms with van der Waals surface area (Å²) in [7, 11) is 1.85. The fourth-order valence-corrected chi connectivity index (χ4v) is 3.87. The molecule has 4 rings (SSSR count). The van der Waals surface area contributed by atoms with E-state index in [0.29, 0.717) is 18.9 Å². The van der Waals surface area contributed by atoms with Crippen molar-refractivity contribution in [1.29, 1.82) is 0 Å². The van der Waals surface area contributed by atoms with Crippen LogP contribution in [0.5, 0.6) is 5.75 Å². The van der Waals surface area contributed by atoms with Crippen molar-refractivity contribution in [2.45, 2.75) is 44.2 Å². The number of para-hydroxylation sites is 1. The van der Waals surface area contributed by atoms with Gasteiger partial charge in [-0.1, -0.05) is 18.2 Å². The highest BCUT2D eigenvalue weighted by atomic mass is 16.5. The first-order chi connectivity index (χ1) is 12.7. The Morgan fingerprint density at radius 1 is 1.27 bits per heavy atom.